The molecule has 1 fully saturated rings. The Hall–Kier alpha value is -2.51. The highest BCUT2D eigenvalue weighted by Gasteiger charge is 2.18. The highest BCUT2D eigenvalue weighted by atomic mass is 16.5. The lowest BCUT2D eigenvalue weighted by Crippen LogP contribution is -2.37. The SMILES string of the molecule is Cc1cc(C)n2nc(CC(=O)OCC(=O)N3CCCCCCC3)nc2n1. The predicted octanol–water partition coefficient (Wildman–Crippen LogP) is 1.62. The molecule has 3 rings (SSSR count). The molecular formula is C18H25N5O3. The second kappa shape index (κ2) is 8.25. The first-order valence-electron chi connectivity index (χ1n) is 9.16. The van der Waals surface area contributed by atoms with Crippen LogP contribution in [0.2, 0.25) is 0 Å². The average molecular weight is 359 g/mol. The number of likely N-dealkylation sites (tertiary alicyclic amines) is 1. The molecule has 0 radical (unpaired) electrons. The van der Waals surface area contributed by atoms with Gasteiger partial charge in [0, 0.05) is 24.5 Å². The van der Waals surface area contributed by atoms with Crippen molar-refractivity contribution in [3.8, 4) is 0 Å². The second-order valence-electron chi connectivity index (χ2n) is 6.76. The topological polar surface area (TPSA) is 89.7 Å². The molecule has 0 aromatic carbocycles. The van der Waals surface area contributed by atoms with Gasteiger partial charge < -0.3 is 9.64 Å². The van der Waals surface area contributed by atoms with E-state index in [1.54, 1.807) is 9.42 Å². The number of nitrogens with zero attached hydrogens (tertiary/aromatic N) is 5. The number of ether oxygens (including phenoxy) is 1. The van der Waals surface area contributed by atoms with Crippen LogP contribution in [-0.2, 0) is 20.7 Å². The summed E-state index contributed by atoms with van der Waals surface area (Å²) in [5.74, 6) is 0.170. The number of aromatic nitrogens is 4. The maximum Gasteiger partial charge on any atom is 0.314 e. The molecule has 0 bridgehead atoms. The summed E-state index contributed by atoms with van der Waals surface area (Å²) in [4.78, 5) is 34.6. The molecule has 8 heteroatoms. The monoisotopic (exact) mass is 359 g/mol. The van der Waals surface area contributed by atoms with E-state index >= 15 is 0 Å². The van der Waals surface area contributed by atoms with Crippen LogP contribution in [0, 0.1) is 13.8 Å². The molecule has 0 spiro atoms. The zero-order valence-electron chi connectivity index (χ0n) is 15.4. The third-order valence-corrected chi connectivity index (χ3v) is 4.53. The molecule has 140 valence electrons. The molecule has 0 saturated carbocycles. The van der Waals surface area contributed by atoms with Gasteiger partial charge >= 0.3 is 5.97 Å². The number of hydrogen-bond donors (Lipinski definition) is 0. The van der Waals surface area contributed by atoms with Crippen LogP contribution in [0.4, 0.5) is 0 Å². The Bertz CT molecular complexity index is 793. The van der Waals surface area contributed by atoms with E-state index < -0.39 is 5.97 Å². The fraction of sp³-hybridized carbons (Fsp3) is 0.611. The number of aryl methyl sites for hydroxylation is 2. The molecule has 0 atom stereocenters. The van der Waals surface area contributed by atoms with E-state index in [-0.39, 0.29) is 18.9 Å². The van der Waals surface area contributed by atoms with Crippen molar-refractivity contribution in [3.05, 3.63) is 23.3 Å². The van der Waals surface area contributed by atoms with Crippen LogP contribution in [0.15, 0.2) is 6.07 Å². The van der Waals surface area contributed by atoms with E-state index in [0.29, 0.717) is 11.6 Å². The third kappa shape index (κ3) is 4.56. The van der Waals surface area contributed by atoms with Crippen molar-refractivity contribution in [1.82, 2.24) is 24.5 Å². The summed E-state index contributed by atoms with van der Waals surface area (Å²) in [5.41, 5.74) is 1.74. The Morgan fingerprint density at radius 2 is 1.77 bits per heavy atom. The minimum atomic E-state index is -0.504. The van der Waals surface area contributed by atoms with Gasteiger partial charge in [-0.1, -0.05) is 19.3 Å². The Balaban J connectivity index is 1.53. The van der Waals surface area contributed by atoms with E-state index in [2.05, 4.69) is 15.1 Å². The molecule has 26 heavy (non-hydrogen) atoms. The molecule has 2 aromatic rings. The van der Waals surface area contributed by atoms with Gasteiger partial charge in [-0.15, -0.1) is 5.10 Å². The van der Waals surface area contributed by atoms with Crippen molar-refractivity contribution in [2.45, 2.75) is 52.4 Å². The van der Waals surface area contributed by atoms with Crippen molar-refractivity contribution in [1.29, 1.82) is 0 Å². The van der Waals surface area contributed by atoms with Gasteiger partial charge in [-0.05, 0) is 32.8 Å². The summed E-state index contributed by atoms with van der Waals surface area (Å²) < 4.78 is 6.74. The van der Waals surface area contributed by atoms with Crippen LogP contribution in [0.25, 0.3) is 5.78 Å². The molecule has 1 saturated heterocycles. The quantitative estimate of drug-likeness (QED) is 0.771. The minimum absolute atomic E-state index is 0.0743. The van der Waals surface area contributed by atoms with Crippen molar-refractivity contribution in [2.24, 2.45) is 0 Å². The minimum Gasteiger partial charge on any atom is -0.455 e. The standard InChI is InChI=1S/C18H25N5O3/c1-13-10-14(2)23-18(19-13)20-15(21-23)11-17(25)26-12-16(24)22-8-6-4-3-5-7-9-22/h10H,3-9,11-12H2,1-2H3. The second-order valence-corrected chi connectivity index (χ2v) is 6.76. The number of hydrogen-bond acceptors (Lipinski definition) is 6. The lowest BCUT2D eigenvalue weighted by molar-refractivity contribution is -0.151. The van der Waals surface area contributed by atoms with Crippen LogP contribution in [0.3, 0.4) is 0 Å². The summed E-state index contributed by atoms with van der Waals surface area (Å²) in [5, 5.41) is 4.28. The fourth-order valence-electron chi connectivity index (χ4n) is 3.19. The Morgan fingerprint density at radius 3 is 2.50 bits per heavy atom. The third-order valence-electron chi connectivity index (χ3n) is 4.53. The predicted molar refractivity (Wildman–Crippen MR) is 94.6 cm³/mol. The lowest BCUT2D eigenvalue weighted by atomic mass is 10.1. The summed E-state index contributed by atoms with van der Waals surface area (Å²) in [6.45, 7) is 5.05. The number of amides is 1. The van der Waals surface area contributed by atoms with E-state index in [1.807, 2.05) is 19.9 Å². The Morgan fingerprint density at radius 1 is 1.08 bits per heavy atom. The number of carbonyl (C=O) groups is 2. The molecule has 1 aliphatic rings. The molecule has 0 aliphatic carbocycles. The summed E-state index contributed by atoms with van der Waals surface area (Å²) >= 11 is 0. The summed E-state index contributed by atoms with van der Waals surface area (Å²) in [7, 11) is 0. The normalized spacial score (nSPS) is 15.5. The summed E-state index contributed by atoms with van der Waals surface area (Å²) in [6.07, 6.45) is 5.48. The maximum atomic E-state index is 12.2. The van der Waals surface area contributed by atoms with Gasteiger partial charge in [-0.25, -0.2) is 9.50 Å². The van der Waals surface area contributed by atoms with Crippen molar-refractivity contribution >= 4 is 17.7 Å². The molecule has 2 aromatic heterocycles. The van der Waals surface area contributed by atoms with Gasteiger partial charge in [0.05, 0.1) is 0 Å². The molecule has 1 amide bonds. The van der Waals surface area contributed by atoms with Gasteiger partial charge in [0.1, 0.15) is 6.42 Å². The van der Waals surface area contributed by atoms with Gasteiger partial charge in [0.15, 0.2) is 12.4 Å². The van der Waals surface area contributed by atoms with Crippen molar-refractivity contribution in [3.63, 3.8) is 0 Å². The average Bonchev–Trinajstić information content (AvgIpc) is 2.95. The first kappa shape index (κ1) is 18.3. The van der Waals surface area contributed by atoms with Crippen LogP contribution in [0.1, 0.15) is 49.3 Å². The highest BCUT2D eigenvalue weighted by molar-refractivity contribution is 5.81. The van der Waals surface area contributed by atoms with Crippen LogP contribution >= 0.6 is 0 Å². The number of esters is 1. The van der Waals surface area contributed by atoms with Gasteiger partial charge in [-0.2, -0.15) is 4.98 Å². The van der Waals surface area contributed by atoms with Crippen molar-refractivity contribution in [2.75, 3.05) is 19.7 Å². The molecule has 3 heterocycles. The zero-order chi connectivity index (χ0) is 18.5. The van der Waals surface area contributed by atoms with Crippen LogP contribution in [-0.4, -0.2) is 56.1 Å². The van der Waals surface area contributed by atoms with E-state index in [9.17, 15) is 9.59 Å². The van der Waals surface area contributed by atoms with Crippen LogP contribution < -0.4 is 0 Å². The van der Waals surface area contributed by atoms with Gasteiger partial charge in [0.2, 0.25) is 0 Å². The number of carbonyl (C=O) groups excluding carboxylic acids is 2. The van der Waals surface area contributed by atoms with Gasteiger partial charge in [0.25, 0.3) is 11.7 Å². The maximum absolute atomic E-state index is 12.2. The van der Waals surface area contributed by atoms with E-state index in [4.69, 9.17) is 4.74 Å². The molecule has 0 N–H and O–H groups in total. The van der Waals surface area contributed by atoms with Gasteiger partial charge in [-0.3, -0.25) is 9.59 Å². The molecule has 8 nitrogen and oxygen atoms in total. The largest absolute Gasteiger partial charge is 0.455 e. The number of fused-ring (bicyclic) bond motifs is 1. The first-order valence-corrected chi connectivity index (χ1v) is 9.16. The Labute approximate surface area is 152 Å². The van der Waals surface area contributed by atoms with E-state index in [1.165, 1.54) is 6.42 Å². The van der Waals surface area contributed by atoms with Crippen molar-refractivity contribution < 1.29 is 14.3 Å². The number of rotatable bonds is 4. The molecular weight excluding hydrogens is 334 g/mol. The van der Waals surface area contributed by atoms with Crippen LogP contribution in [0.5, 0.6) is 0 Å². The highest BCUT2D eigenvalue weighted by Crippen LogP contribution is 2.11. The fourth-order valence-corrected chi connectivity index (χ4v) is 3.19. The summed E-state index contributed by atoms with van der Waals surface area (Å²) in [6, 6.07) is 1.89. The molecule has 1 aliphatic heterocycles. The zero-order valence-corrected chi connectivity index (χ0v) is 15.4. The van der Waals surface area contributed by atoms with E-state index in [0.717, 1.165) is 50.2 Å². The molecule has 0 unspecified atom stereocenters. The lowest BCUT2D eigenvalue weighted by Gasteiger charge is -2.24. The Kier molecular flexibility index (Phi) is 5.80. The first-order chi connectivity index (χ1) is 12.5. The smallest absolute Gasteiger partial charge is 0.314 e.